The number of carboxylic acids is 4. The second-order valence-corrected chi connectivity index (χ2v) is 12.5. The highest BCUT2D eigenvalue weighted by molar-refractivity contribution is 7.27. The fourth-order valence-corrected chi connectivity index (χ4v) is 8.33. The Morgan fingerprint density at radius 1 is 0.698 bits per heavy atom. The highest BCUT2D eigenvalue weighted by Gasteiger charge is 2.22. The third-order valence-electron chi connectivity index (χ3n) is 6.51. The SMILES string of the molecule is C=C/C(C(=O)O)=C(\C=C)c1cc(CCC(=O)O)c(-c2ccc(-c3sc(-c4ccccc4C(=O)O)cc3CCC(=O)O)s2)s1. The van der Waals surface area contributed by atoms with Gasteiger partial charge in [0.2, 0.25) is 0 Å². The van der Waals surface area contributed by atoms with Crippen LogP contribution < -0.4 is 0 Å². The fourth-order valence-electron chi connectivity index (χ4n) is 4.52. The van der Waals surface area contributed by atoms with E-state index in [-0.39, 0.29) is 36.8 Å². The van der Waals surface area contributed by atoms with Crippen molar-refractivity contribution in [3.63, 3.8) is 0 Å². The van der Waals surface area contributed by atoms with Crippen molar-refractivity contribution in [2.75, 3.05) is 0 Å². The molecule has 0 spiro atoms. The zero-order valence-corrected chi connectivity index (χ0v) is 25.1. The van der Waals surface area contributed by atoms with Crippen LogP contribution in [0.1, 0.15) is 39.2 Å². The van der Waals surface area contributed by atoms with Crippen LogP contribution in [0.5, 0.6) is 0 Å². The zero-order chi connectivity index (χ0) is 31.3. The van der Waals surface area contributed by atoms with E-state index >= 15 is 0 Å². The number of hydrogen-bond donors (Lipinski definition) is 4. The van der Waals surface area contributed by atoms with E-state index in [9.17, 15) is 39.6 Å². The van der Waals surface area contributed by atoms with Crippen LogP contribution in [0.25, 0.3) is 35.5 Å². The van der Waals surface area contributed by atoms with Gasteiger partial charge in [0.05, 0.1) is 11.1 Å². The molecule has 0 saturated heterocycles. The van der Waals surface area contributed by atoms with Gasteiger partial charge in [0.15, 0.2) is 0 Å². The number of carboxylic acid groups (broad SMARTS) is 4. The highest BCUT2D eigenvalue weighted by Crippen LogP contribution is 2.47. The predicted molar refractivity (Wildman–Crippen MR) is 170 cm³/mol. The quantitative estimate of drug-likeness (QED) is 0.0810. The van der Waals surface area contributed by atoms with Crippen LogP contribution in [-0.2, 0) is 27.2 Å². The van der Waals surface area contributed by atoms with E-state index < -0.39 is 23.9 Å². The molecule has 3 aromatic heterocycles. The van der Waals surface area contributed by atoms with E-state index in [0.29, 0.717) is 20.9 Å². The van der Waals surface area contributed by atoms with Crippen molar-refractivity contribution in [1.82, 2.24) is 0 Å². The van der Waals surface area contributed by atoms with Gasteiger partial charge in [0.25, 0.3) is 0 Å². The van der Waals surface area contributed by atoms with Crippen LogP contribution in [-0.4, -0.2) is 44.3 Å². The van der Waals surface area contributed by atoms with Crippen LogP contribution >= 0.6 is 34.0 Å². The topological polar surface area (TPSA) is 149 Å². The summed E-state index contributed by atoms with van der Waals surface area (Å²) < 4.78 is 0. The lowest BCUT2D eigenvalue weighted by atomic mass is 10.0. The molecule has 0 bridgehead atoms. The zero-order valence-electron chi connectivity index (χ0n) is 22.7. The molecule has 11 heteroatoms. The Morgan fingerprint density at radius 3 is 1.81 bits per heavy atom. The summed E-state index contributed by atoms with van der Waals surface area (Å²) in [6.07, 6.45) is 2.96. The monoisotopic (exact) mass is 634 g/mol. The maximum atomic E-state index is 11.9. The first kappa shape index (κ1) is 31.4. The van der Waals surface area contributed by atoms with Crippen LogP contribution in [0.2, 0.25) is 0 Å². The van der Waals surface area contributed by atoms with E-state index in [2.05, 4.69) is 13.2 Å². The average Bonchev–Trinajstić information content (AvgIpc) is 3.71. The lowest BCUT2D eigenvalue weighted by molar-refractivity contribution is -0.138. The van der Waals surface area contributed by atoms with E-state index in [1.165, 1.54) is 52.2 Å². The van der Waals surface area contributed by atoms with Gasteiger partial charge in [-0.25, -0.2) is 9.59 Å². The van der Waals surface area contributed by atoms with Crippen molar-refractivity contribution in [2.24, 2.45) is 0 Å². The number of rotatable bonds is 14. The number of benzene rings is 1. The molecule has 0 aliphatic carbocycles. The lowest BCUT2D eigenvalue weighted by Crippen LogP contribution is -2.00. The van der Waals surface area contributed by atoms with Gasteiger partial charge in [-0.3, -0.25) is 9.59 Å². The first-order valence-corrected chi connectivity index (χ1v) is 15.3. The van der Waals surface area contributed by atoms with Crippen molar-refractivity contribution in [3.05, 3.63) is 101 Å². The Kier molecular flexibility index (Phi) is 9.92. The van der Waals surface area contributed by atoms with Crippen molar-refractivity contribution < 1.29 is 39.6 Å². The molecular formula is C32H26O8S3. The number of carbonyl (C=O) groups is 4. The minimum Gasteiger partial charge on any atom is -0.481 e. The first-order valence-electron chi connectivity index (χ1n) is 12.9. The highest BCUT2D eigenvalue weighted by atomic mass is 32.1. The molecule has 3 heterocycles. The van der Waals surface area contributed by atoms with Crippen LogP contribution in [0.4, 0.5) is 0 Å². The smallest absolute Gasteiger partial charge is 0.336 e. The normalized spacial score (nSPS) is 11.5. The summed E-state index contributed by atoms with van der Waals surface area (Å²) in [6.45, 7) is 7.38. The molecule has 0 aliphatic rings. The summed E-state index contributed by atoms with van der Waals surface area (Å²) in [5.41, 5.74) is 2.57. The van der Waals surface area contributed by atoms with Gasteiger partial charge in [-0.15, -0.1) is 34.0 Å². The van der Waals surface area contributed by atoms with Crippen molar-refractivity contribution in [3.8, 4) is 29.9 Å². The third-order valence-corrected chi connectivity index (χ3v) is 10.4. The van der Waals surface area contributed by atoms with Gasteiger partial charge in [0, 0.05) is 53.2 Å². The van der Waals surface area contributed by atoms with Gasteiger partial charge in [-0.05, 0) is 54.3 Å². The summed E-state index contributed by atoms with van der Waals surface area (Å²) in [6, 6.07) is 14.1. The molecule has 4 aromatic rings. The molecule has 0 saturated carbocycles. The Labute approximate surface area is 258 Å². The molecule has 1 aromatic carbocycles. The van der Waals surface area contributed by atoms with Gasteiger partial charge < -0.3 is 20.4 Å². The molecule has 0 atom stereocenters. The molecule has 0 radical (unpaired) electrons. The molecule has 0 fully saturated rings. The molecule has 0 aliphatic heterocycles. The van der Waals surface area contributed by atoms with Gasteiger partial charge in [-0.1, -0.05) is 43.5 Å². The summed E-state index contributed by atoms with van der Waals surface area (Å²) in [5.74, 6) is -4.12. The van der Waals surface area contributed by atoms with Crippen molar-refractivity contribution in [2.45, 2.75) is 25.7 Å². The molecule has 4 rings (SSSR count). The number of allylic oxidation sites excluding steroid dienone is 2. The Hall–Kier alpha value is -4.58. The predicted octanol–water partition coefficient (Wildman–Crippen LogP) is 7.81. The summed E-state index contributed by atoms with van der Waals surface area (Å²) >= 11 is 4.15. The summed E-state index contributed by atoms with van der Waals surface area (Å²) in [7, 11) is 0. The minimum atomic E-state index is -1.16. The maximum Gasteiger partial charge on any atom is 0.336 e. The Bertz CT molecular complexity index is 1780. The Morgan fingerprint density at radius 2 is 1.28 bits per heavy atom. The molecule has 0 unspecified atom stereocenters. The number of aromatic carboxylic acids is 1. The first-order chi connectivity index (χ1) is 20.5. The fraction of sp³-hybridized carbons (Fsp3) is 0.125. The lowest BCUT2D eigenvalue weighted by Gasteiger charge is -2.02. The van der Waals surface area contributed by atoms with E-state index in [1.807, 2.05) is 18.2 Å². The number of aliphatic carboxylic acids is 3. The number of thiophene rings is 3. The second-order valence-electron chi connectivity index (χ2n) is 9.27. The molecule has 8 nitrogen and oxygen atoms in total. The maximum absolute atomic E-state index is 11.9. The van der Waals surface area contributed by atoms with Crippen LogP contribution in [0.3, 0.4) is 0 Å². The van der Waals surface area contributed by atoms with Crippen molar-refractivity contribution in [1.29, 1.82) is 0 Å². The molecule has 4 N–H and O–H groups in total. The number of aryl methyl sites for hydroxylation is 2. The Balaban J connectivity index is 1.84. The van der Waals surface area contributed by atoms with E-state index in [0.717, 1.165) is 30.6 Å². The molecule has 43 heavy (non-hydrogen) atoms. The van der Waals surface area contributed by atoms with Crippen LogP contribution in [0.15, 0.2) is 79.4 Å². The van der Waals surface area contributed by atoms with Crippen LogP contribution in [0, 0.1) is 0 Å². The number of hydrogen-bond acceptors (Lipinski definition) is 7. The largest absolute Gasteiger partial charge is 0.481 e. The molecule has 220 valence electrons. The minimum absolute atomic E-state index is 0.0183. The summed E-state index contributed by atoms with van der Waals surface area (Å²) in [4.78, 5) is 51.1. The second kappa shape index (κ2) is 13.6. The van der Waals surface area contributed by atoms with E-state index in [4.69, 9.17) is 0 Å². The standard InChI is InChI=1S/C32H26O8S3/c1-3-19(20(4-2)31(37)38)25-15-17(9-13-27(33)34)29(42-25)23-11-12-24(41-23)30-18(10-14-28(35)36)16-26(43-30)21-7-5-6-8-22(21)32(39)40/h3-8,11-12,15-16H,1-2,9-10,13-14H2,(H,33,34)(H,35,36)(H,37,38)(H,39,40)/b20-19-. The van der Waals surface area contributed by atoms with Gasteiger partial charge in [0.1, 0.15) is 0 Å². The summed E-state index contributed by atoms with van der Waals surface area (Å²) in [5, 5.41) is 38.0. The third kappa shape index (κ3) is 7.08. The molecular weight excluding hydrogens is 609 g/mol. The average molecular weight is 635 g/mol. The van der Waals surface area contributed by atoms with Crippen molar-refractivity contribution >= 4 is 63.5 Å². The molecule has 0 amide bonds. The van der Waals surface area contributed by atoms with Gasteiger partial charge in [-0.2, -0.15) is 0 Å². The van der Waals surface area contributed by atoms with E-state index in [1.54, 1.807) is 24.3 Å². The van der Waals surface area contributed by atoms with Gasteiger partial charge >= 0.3 is 23.9 Å².